The average molecular weight is 742 g/mol. The van der Waals surface area contributed by atoms with Crippen LogP contribution in [0.5, 0.6) is 11.5 Å². The summed E-state index contributed by atoms with van der Waals surface area (Å²) in [6.07, 6.45) is 6.76. The van der Waals surface area contributed by atoms with E-state index >= 15 is 0 Å². The van der Waals surface area contributed by atoms with Crippen LogP contribution in [0.4, 0.5) is 17.1 Å². The zero-order valence-corrected chi connectivity index (χ0v) is 32.0. The van der Waals surface area contributed by atoms with E-state index in [0.717, 1.165) is 68.9 Å². The van der Waals surface area contributed by atoms with Gasteiger partial charge in [0.25, 0.3) is 0 Å². The number of para-hydroxylation sites is 3. The van der Waals surface area contributed by atoms with Crippen LogP contribution in [0.15, 0.2) is 206 Å². The fraction of sp³-hybridized carbons (Fsp3) is 0.0357. The molecule has 11 rings (SSSR count). The van der Waals surface area contributed by atoms with Gasteiger partial charge < -0.3 is 9.64 Å². The number of benzene rings is 9. The maximum absolute atomic E-state index is 6.42. The van der Waals surface area contributed by atoms with Crippen LogP contribution in [-0.2, 0) is 6.42 Å². The Labute approximate surface area is 339 Å². The van der Waals surface area contributed by atoms with Gasteiger partial charge in [-0.1, -0.05) is 164 Å². The molecule has 0 spiro atoms. The van der Waals surface area contributed by atoms with Crippen LogP contribution < -0.4 is 9.64 Å². The number of hydrogen-bond donors (Lipinski definition) is 0. The molecule has 9 aromatic carbocycles. The van der Waals surface area contributed by atoms with Crippen molar-refractivity contribution in [3.8, 4) is 67.1 Å². The lowest BCUT2D eigenvalue weighted by Gasteiger charge is -2.31. The monoisotopic (exact) mass is 741 g/mol. The highest BCUT2D eigenvalue weighted by Crippen LogP contribution is 2.50. The predicted molar refractivity (Wildman–Crippen MR) is 243 cm³/mol. The number of nitrogens with zero attached hydrogens (tertiary/aromatic N) is 1. The first-order valence-corrected chi connectivity index (χ1v) is 20.1. The molecule has 0 bridgehead atoms. The van der Waals surface area contributed by atoms with E-state index in [1.54, 1.807) is 0 Å². The molecule has 2 aliphatic rings. The first kappa shape index (κ1) is 33.9. The van der Waals surface area contributed by atoms with E-state index in [2.05, 4.69) is 211 Å². The molecule has 0 saturated heterocycles. The summed E-state index contributed by atoms with van der Waals surface area (Å²) in [5, 5.41) is 2.31. The number of anilines is 3. The molecule has 9 aromatic rings. The first-order valence-electron chi connectivity index (χ1n) is 20.1. The quantitative estimate of drug-likeness (QED) is 0.161. The van der Waals surface area contributed by atoms with Gasteiger partial charge in [0, 0.05) is 27.8 Å². The van der Waals surface area contributed by atoms with Crippen LogP contribution in [0.3, 0.4) is 0 Å². The number of rotatable bonds is 7. The second kappa shape index (κ2) is 14.3. The van der Waals surface area contributed by atoms with E-state index in [1.807, 2.05) is 6.07 Å². The Hall–Kier alpha value is -7.42. The lowest BCUT2D eigenvalue weighted by molar-refractivity contribution is 0.487. The summed E-state index contributed by atoms with van der Waals surface area (Å²) in [6.45, 7) is 0. The van der Waals surface area contributed by atoms with E-state index in [-0.39, 0.29) is 0 Å². The van der Waals surface area contributed by atoms with Gasteiger partial charge in [0.2, 0.25) is 0 Å². The van der Waals surface area contributed by atoms with Gasteiger partial charge >= 0.3 is 0 Å². The van der Waals surface area contributed by atoms with Gasteiger partial charge in [-0.15, -0.1) is 0 Å². The topological polar surface area (TPSA) is 12.5 Å². The van der Waals surface area contributed by atoms with Gasteiger partial charge in [-0.25, -0.2) is 0 Å². The predicted octanol–water partition coefficient (Wildman–Crippen LogP) is 15.7. The Morgan fingerprint density at radius 2 is 0.983 bits per heavy atom. The van der Waals surface area contributed by atoms with Crippen molar-refractivity contribution in [2.75, 3.05) is 4.90 Å². The maximum Gasteiger partial charge on any atom is 0.135 e. The van der Waals surface area contributed by atoms with Crippen molar-refractivity contribution in [1.29, 1.82) is 0 Å². The Kier molecular flexibility index (Phi) is 8.33. The highest BCUT2D eigenvalue weighted by atomic mass is 16.5. The van der Waals surface area contributed by atoms with Crippen molar-refractivity contribution in [2.24, 2.45) is 0 Å². The molecule has 0 unspecified atom stereocenters. The van der Waals surface area contributed by atoms with E-state index in [1.165, 1.54) is 50.1 Å². The van der Waals surface area contributed by atoms with Gasteiger partial charge in [0.05, 0.1) is 11.4 Å². The highest BCUT2D eigenvalue weighted by molar-refractivity contribution is 6.07. The molecule has 1 aliphatic heterocycles. The third kappa shape index (κ3) is 5.90. The molecule has 0 N–H and O–H groups in total. The second-order valence-corrected chi connectivity index (χ2v) is 15.2. The SMILES string of the molecule is C1=Cc2c(cccc2-c2ccccc2N(c2ccc(-c3ccc(-c4ccccc4)cc3)cc2)c2ccccc2-c2cc3c4c(cccc4c2)Oc2ccccc2-3)CC1. The molecule has 0 atom stereocenters. The third-order valence-corrected chi connectivity index (χ3v) is 11.7. The van der Waals surface area contributed by atoms with Crippen molar-refractivity contribution in [3.05, 3.63) is 217 Å². The van der Waals surface area contributed by atoms with Crippen LogP contribution in [0.1, 0.15) is 17.5 Å². The highest BCUT2D eigenvalue weighted by Gasteiger charge is 2.25. The standard InChI is InChI=1S/C56H39NO/c1-2-14-38(15-3-1)39-28-30-40(31-29-39)41-32-34-45(35-33-41)57(53-25-10-7-21-49(53)48-23-12-17-42-16-4-5-19-46(42)48)52-24-9-6-20-47(52)44-36-43-18-13-27-55-56(43)51(37-44)50-22-8-11-26-54(50)58-55/h1-3,5-15,17-37H,4,16H2. The molecule has 274 valence electrons. The zero-order valence-electron chi connectivity index (χ0n) is 32.0. The Bertz CT molecular complexity index is 3010. The molecule has 1 aliphatic carbocycles. The molecule has 0 fully saturated rings. The normalized spacial score (nSPS) is 12.4. The van der Waals surface area contributed by atoms with Crippen molar-refractivity contribution in [3.63, 3.8) is 0 Å². The molecule has 2 heteroatoms. The Balaban J connectivity index is 1.09. The summed E-state index contributed by atoms with van der Waals surface area (Å²) in [4.78, 5) is 2.46. The minimum Gasteiger partial charge on any atom is -0.456 e. The Morgan fingerprint density at radius 1 is 0.397 bits per heavy atom. The number of aryl methyl sites for hydroxylation is 1. The van der Waals surface area contributed by atoms with Gasteiger partial charge in [-0.2, -0.15) is 0 Å². The largest absolute Gasteiger partial charge is 0.456 e. The van der Waals surface area contributed by atoms with E-state index in [9.17, 15) is 0 Å². The second-order valence-electron chi connectivity index (χ2n) is 15.2. The fourth-order valence-electron chi connectivity index (χ4n) is 8.95. The number of fused-ring (bicyclic) bond motifs is 3. The van der Waals surface area contributed by atoms with Gasteiger partial charge in [0.1, 0.15) is 11.5 Å². The summed E-state index contributed by atoms with van der Waals surface area (Å²) in [6, 6.07) is 72.5. The molecule has 1 heterocycles. The van der Waals surface area contributed by atoms with Gasteiger partial charge in [-0.3, -0.25) is 0 Å². The maximum atomic E-state index is 6.42. The third-order valence-electron chi connectivity index (χ3n) is 11.7. The number of allylic oxidation sites excluding steroid dienone is 1. The van der Waals surface area contributed by atoms with E-state index < -0.39 is 0 Å². The van der Waals surface area contributed by atoms with Crippen LogP contribution in [0.25, 0.3) is 72.5 Å². The summed E-state index contributed by atoms with van der Waals surface area (Å²) in [7, 11) is 0. The minimum atomic E-state index is 0.888. The zero-order chi connectivity index (χ0) is 38.4. The summed E-state index contributed by atoms with van der Waals surface area (Å²) >= 11 is 0. The smallest absolute Gasteiger partial charge is 0.135 e. The van der Waals surface area contributed by atoms with Crippen molar-refractivity contribution < 1.29 is 4.74 Å². The molecular weight excluding hydrogens is 703 g/mol. The van der Waals surface area contributed by atoms with Gasteiger partial charge in [-0.05, 0) is 117 Å². The molecule has 0 aromatic heterocycles. The molecule has 58 heavy (non-hydrogen) atoms. The minimum absolute atomic E-state index is 0.888. The van der Waals surface area contributed by atoms with Crippen molar-refractivity contribution in [1.82, 2.24) is 0 Å². The van der Waals surface area contributed by atoms with Crippen LogP contribution in [0.2, 0.25) is 0 Å². The summed E-state index contributed by atoms with van der Waals surface area (Å²) < 4.78 is 6.42. The number of hydrogen-bond acceptors (Lipinski definition) is 2. The van der Waals surface area contributed by atoms with Gasteiger partial charge in [0.15, 0.2) is 0 Å². The molecule has 0 saturated carbocycles. The summed E-state index contributed by atoms with van der Waals surface area (Å²) in [5.41, 5.74) is 17.9. The summed E-state index contributed by atoms with van der Waals surface area (Å²) in [5.74, 6) is 1.79. The van der Waals surface area contributed by atoms with E-state index in [4.69, 9.17) is 4.74 Å². The Morgan fingerprint density at radius 3 is 1.76 bits per heavy atom. The van der Waals surface area contributed by atoms with Crippen LogP contribution in [-0.4, -0.2) is 0 Å². The average Bonchev–Trinajstić information content (AvgIpc) is 3.30. The van der Waals surface area contributed by atoms with Crippen LogP contribution in [0, 0.1) is 0 Å². The van der Waals surface area contributed by atoms with E-state index in [0.29, 0.717) is 0 Å². The lowest BCUT2D eigenvalue weighted by Crippen LogP contribution is -2.13. The van der Waals surface area contributed by atoms with Crippen molar-refractivity contribution >= 4 is 33.9 Å². The molecule has 0 radical (unpaired) electrons. The molecular formula is C56H39NO. The number of ether oxygens (including phenoxy) is 1. The van der Waals surface area contributed by atoms with Crippen LogP contribution >= 0.6 is 0 Å². The molecule has 2 nitrogen and oxygen atoms in total. The fourth-order valence-corrected chi connectivity index (χ4v) is 8.95. The van der Waals surface area contributed by atoms with Crippen molar-refractivity contribution in [2.45, 2.75) is 12.8 Å². The lowest BCUT2D eigenvalue weighted by atomic mass is 9.88. The molecule has 0 amide bonds. The first-order chi connectivity index (χ1) is 28.8.